The van der Waals surface area contributed by atoms with E-state index in [1.807, 2.05) is 32.0 Å². The molecular weight excluding hydrogens is 555 g/mol. The minimum Gasteiger partial charge on any atom is -0.423 e. The van der Waals surface area contributed by atoms with Crippen molar-refractivity contribution in [1.82, 2.24) is 29.3 Å². The van der Waals surface area contributed by atoms with Gasteiger partial charge in [-0.3, -0.25) is 9.80 Å². The van der Waals surface area contributed by atoms with Crippen molar-refractivity contribution >= 4 is 39.7 Å². The van der Waals surface area contributed by atoms with Crippen LogP contribution >= 0.6 is 0 Å². The molecule has 2 saturated carbocycles. The molecule has 10 heteroatoms. The molecule has 2 aromatic carbocycles. The Kier molecular flexibility index (Phi) is 6.79. The van der Waals surface area contributed by atoms with E-state index in [1.54, 1.807) is 6.07 Å². The topological polar surface area (TPSA) is 101 Å². The zero-order valence-corrected chi connectivity index (χ0v) is 25.4. The lowest BCUT2D eigenvalue weighted by molar-refractivity contribution is 0.0684. The highest BCUT2D eigenvalue weighted by atomic mass is 19.1. The highest BCUT2D eigenvalue weighted by molar-refractivity contribution is 6.00. The molecular formula is C34H39FN8O. The first-order valence-corrected chi connectivity index (χ1v) is 15.9. The van der Waals surface area contributed by atoms with Crippen LogP contribution in [0.4, 0.5) is 21.9 Å². The van der Waals surface area contributed by atoms with Gasteiger partial charge in [0.1, 0.15) is 29.1 Å². The summed E-state index contributed by atoms with van der Waals surface area (Å²) in [5, 5.41) is 3.79. The number of fused-ring (bicyclic) bond motifs is 2. The fourth-order valence-electron chi connectivity index (χ4n) is 7.54. The fraction of sp³-hybridized carbons (Fsp3) is 0.441. The first-order valence-electron chi connectivity index (χ1n) is 15.9. The standard InChI is InChI=1S/C34H39FN8O/c1-20-15-21(2)31-29(16-20)40-34(44-31)39-28-10-3-22(17-27(28)35)26-18-43(33-30(26)32(36)37-19-38-33)25-8-6-24(7-9-25)42-13-11-41(12-14-42)23-4-5-23/h3,10,15-19,23-25H,4-9,11-14H2,1-2H3,(H,39,40)(H2,36,37,38). The van der Waals surface area contributed by atoms with E-state index in [1.165, 1.54) is 64.3 Å². The van der Waals surface area contributed by atoms with Crippen LogP contribution < -0.4 is 11.1 Å². The Morgan fingerprint density at radius 1 is 0.886 bits per heavy atom. The molecule has 3 N–H and O–H groups in total. The summed E-state index contributed by atoms with van der Waals surface area (Å²) in [6.07, 6.45) is 10.9. The van der Waals surface area contributed by atoms with Crippen molar-refractivity contribution in [2.24, 2.45) is 0 Å². The van der Waals surface area contributed by atoms with Crippen LogP contribution in [0, 0.1) is 19.7 Å². The van der Waals surface area contributed by atoms with Crippen molar-refractivity contribution in [2.75, 3.05) is 37.2 Å². The number of halogens is 1. The van der Waals surface area contributed by atoms with Crippen LogP contribution in [-0.4, -0.2) is 67.6 Å². The van der Waals surface area contributed by atoms with Crippen LogP contribution in [0.1, 0.15) is 55.7 Å². The van der Waals surface area contributed by atoms with E-state index in [-0.39, 0.29) is 6.01 Å². The van der Waals surface area contributed by atoms with E-state index in [0.29, 0.717) is 29.2 Å². The monoisotopic (exact) mass is 594 g/mol. The summed E-state index contributed by atoms with van der Waals surface area (Å²) in [5.74, 6) is 0.00184. The number of nitrogen functional groups attached to an aromatic ring is 1. The first kappa shape index (κ1) is 27.5. The zero-order valence-electron chi connectivity index (χ0n) is 25.4. The van der Waals surface area contributed by atoms with Gasteiger partial charge in [-0.1, -0.05) is 12.1 Å². The molecule has 0 radical (unpaired) electrons. The number of anilines is 3. The maximum Gasteiger partial charge on any atom is 0.300 e. The smallest absolute Gasteiger partial charge is 0.300 e. The Bertz CT molecular complexity index is 1840. The lowest BCUT2D eigenvalue weighted by Crippen LogP contribution is -2.51. The van der Waals surface area contributed by atoms with Gasteiger partial charge in [-0.2, -0.15) is 4.98 Å². The molecule has 0 unspecified atom stereocenters. The number of benzene rings is 2. The predicted octanol–water partition coefficient (Wildman–Crippen LogP) is 6.58. The average Bonchev–Trinajstić information content (AvgIpc) is 3.68. The minimum absolute atomic E-state index is 0.259. The van der Waals surface area contributed by atoms with Gasteiger partial charge in [0, 0.05) is 56.1 Å². The molecule has 2 aliphatic carbocycles. The molecule has 0 atom stereocenters. The van der Waals surface area contributed by atoms with Crippen molar-refractivity contribution in [2.45, 2.75) is 70.5 Å². The van der Waals surface area contributed by atoms with Gasteiger partial charge in [-0.15, -0.1) is 0 Å². The molecule has 0 bridgehead atoms. The third kappa shape index (κ3) is 4.99. The van der Waals surface area contributed by atoms with E-state index in [2.05, 4.69) is 40.8 Å². The third-order valence-corrected chi connectivity index (χ3v) is 9.97. The molecule has 4 heterocycles. The number of nitrogens with zero attached hydrogens (tertiary/aromatic N) is 6. The van der Waals surface area contributed by atoms with Crippen molar-refractivity contribution in [3.8, 4) is 11.1 Å². The number of hydrogen-bond acceptors (Lipinski definition) is 8. The summed E-state index contributed by atoms with van der Waals surface area (Å²) in [7, 11) is 0. The zero-order chi connectivity index (χ0) is 29.9. The van der Waals surface area contributed by atoms with E-state index in [0.717, 1.165) is 57.7 Å². The van der Waals surface area contributed by atoms with Crippen LogP contribution in [0.25, 0.3) is 33.3 Å². The van der Waals surface area contributed by atoms with Crippen LogP contribution in [-0.2, 0) is 0 Å². The van der Waals surface area contributed by atoms with Gasteiger partial charge >= 0.3 is 0 Å². The molecule has 44 heavy (non-hydrogen) atoms. The molecule has 9 nitrogen and oxygen atoms in total. The second-order valence-electron chi connectivity index (χ2n) is 12.9. The number of rotatable bonds is 6. The second-order valence-corrected chi connectivity index (χ2v) is 12.9. The van der Waals surface area contributed by atoms with Gasteiger partial charge in [0.05, 0.1) is 11.1 Å². The first-order chi connectivity index (χ1) is 21.4. The lowest BCUT2D eigenvalue weighted by atomic mass is 9.89. The summed E-state index contributed by atoms with van der Waals surface area (Å²) in [6.45, 7) is 8.80. The minimum atomic E-state index is -0.406. The number of aromatic nitrogens is 4. The molecule has 5 aromatic rings. The van der Waals surface area contributed by atoms with E-state index in [9.17, 15) is 0 Å². The van der Waals surface area contributed by atoms with Gasteiger partial charge in [-0.05, 0) is 87.3 Å². The van der Waals surface area contributed by atoms with Gasteiger partial charge in [-0.25, -0.2) is 14.4 Å². The number of nitrogens with one attached hydrogen (secondary N) is 1. The highest BCUT2D eigenvalue weighted by Gasteiger charge is 2.34. The van der Waals surface area contributed by atoms with Crippen molar-refractivity contribution in [3.63, 3.8) is 0 Å². The van der Waals surface area contributed by atoms with E-state index >= 15 is 4.39 Å². The summed E-state index contributed by atoms with van der Waals surface area (Å²) in [6, 6.07) is 11.2. The van der Waals surface area contributed by atoms with Crippen LogP contribution in [0.3, 0.4) is 0 Å². The number of aryl methyl sites for hydroxylation is 2. The van der Waals surface area contributed by atoms with Crippen molar-refractivity contribution in [1.29, 1.82) is 0 Å². The van der Waals surface area contributed by atoms with E-state index < -0.39 is 5.82 Å². The van der Waals surface area contributed by atoms with Crippen LogP contribution in [0.2, 0.25) is 0 Å². The molecule has 3 aromatic heterocycles. The highest BCUT2D eigenvalue weighted by Crippen LogP contribution is 2.40. The molecule has 228 valence electrons. The Labute approximate surface area is 256 Å². The number of piperazine rings is 1. The van der Waals surface area contributed by atoms with Gasteiger partial charge in [0.2, 0.25) is 0 Å². The van der Waals surface area contributed by atoms with Crippen molar-refractivity contribution < 1.29 is 8.81 Å². The molecule has 3 fully saturated rings. The summed E-state index contributed by atoms with van der Waals surface area (Å²) < 4.78 is 23.7. The average molecular weight is 595 g/mol. The second kappa shape index (κ2) is 10.9. The molecule has 1 aliphatic heterocycles. The summed E-state index contributed by atoms with van der Waals surface area (Å²) >= 11 is 0. The predicted molar refractivity (Wildman–Crippen MR) is 172 cm³/mol. The molecule has 1 saturated heterocycles. The fourth-order valence-corrected chi connectivity index (χ4v) is 7.54. The molecule has 0 spiro atoms. The third-order valence-electron chi connectivity index (χ3n) is 9.97. The van der Waals surface area contributed by atoms with Gasteiger partial charge in [0.15, 0.2) is 5.58 Å². The SMILES string of the molecule is Cc1cc(C)c2oc(Nc3ccc(-c4cn(C5CCC(N6CCN(C7CC7)CC6)CC5)c5ncnc(N)c45)cc3F)nc2c1. The number of nitrogens with two attached hydrogens (primary N) is 1. The van der Waals surface area contributed by atoms with Gasteiger partial charge in [0.25, 0.3) is 6.01 Å². The Morgan fingerprint density at radius 2 is 1.57 bits per heavy atom. The lowest BCUT2D eigenvalue weighted by Gasteiger charge is -2.42. The quantitative estimate of drug-likeness (QED) is 0.227. The van der Waals surface area contributed by atoms with Crippen molar-refractivity contribution in [3.05, 3.63) is 59.8 Å². The van der Waals surface area contributed by atoms with Crippen LogP contribution in [0.5, 0.6) is 0 Å². The normalized spacial score (nSPS) is 21.8. The molecule has 8 rings (SSSR count). The molecule has 0 amide bonds. The maximum absolute atomic E-state index is 15.6. The summed E-state index contributed by atoms with van der Waals surface area (Å²) in [5.41, 5.74) is 12.6. The van der Waals surface area contributed by atoms with Gasteiger partial charge < -0.3 is 20.0 Å². The van der Waals surface area contributed by atoms with Crippen LogP contribution in [0.15, 0.2) is 47.3 Å². The molecule has 3 aliphatic rings. The number of oxazole rings is 1. The Morgan fingerprint density at radius 3 is 2.25 bits per heavy atom. The Hall–Kier alpha value is -4.02. The Balaban J connectivity index is 1.02. The maximum atomic E-state index is 15.6. The summed E-state index contributed by atoms with van der Waals surface area (Å²) in [4.78, 5) is 18.9. The number of hydrogen-bond donors (Lipinski definition) is 2. The largest absolute Gasteiger partial charge is 0.423 e. The van der Waals surface area contributed by atoms with E-state index in [4.69, 9.17) is 10.2 Å².